The maximum Gasteiger partial charge on any atom is 0.212 e. The van der Waals surface area contributed by atoms with Crippen molar-refractivity contribution >= 4 is 38.9 Å². The van der Waals surface area contributed by atoms with E-state index in [0.29, 0.717) is 0 Å². The van der Waals surface area contributed by atoms with Crippen LogP contribution in [0.1, 0.15) is 26.3 Å². The maximum atomic E-state index is 15.4. The van der Waals surface area contributed by atoms with Crippen LogP contribution in [-0.4, -0.2) is 11.7 Å². The summed E-state index contributed by atoms with van der Waals surface area (Å²) < 4.78 is 302. The monoisotopic (exact) mass is 971 g/mol. The molecule has 7 rings (SSSR count). The number of rotatable bonds is 7. The van der Waals surface area contributed by atoms with Crippen molar-refractivity contribution in [2.75, 3.05) is 0 Å². The molecular formula is C44H22BF20NO. The van der Waals surface area contributed by atoms with Crippen molar-refractivity contribution in [3.05, 3.63) is 189 Å². The number of para-hydroxylation sites is 1. The van der Waals surface area contributed by atoms with Crippen LogP contribution in [0.25, 0.3) is 10.9 Å². The molecule has 0 amide bonds. The molecule has 6 aromatic carbocycles. The average Bonchev–Trinajstić information content (AvgIpc) is 3.29. The van der Waals surface area contributed by atoms with Gasteiger partial charge in [0.1, 0.15) is 64.0 Å². The van der Waals surface area contributed by atoms with Gasteiger partial charge in [-0.3, -0.25) is 0 Å². The van der Waals surface area contributed by atoms with Gasteiger partial charge in [-0.25, -0.2) is 87.8 Å². The van der Waals surface area contributed by atoms with Crippen LogP contribution in [0.15, 0.2) is 66.9 Å². The van der Waals surface area contributed by atoms with Crippen molar-refractivity contribution in [3.8, 4) is 5.75 Å². The van der Waals surface area contributed by atoms with Gasteiger partial charge >= 0.3 is 0 Å². The van der Waals surface area contributed by atoms with Crippen LogP contribution < -0.4 is 31.2 Å². The number of aromatic nitrogens is 1. The van der Waals surface area contributed by atoms with E-state index in [9.17, 15) is 52.7 Å². The van der Waals surface area contributed by atoms with Crippen LogP contribution in [-0.2, 0) is 6.54 Å². The van der Waals surface area contributed by atoms with Crippen LogP contribution in [0, 0.1) is 116 Å². The van der Waals surface area contributed by atoms with Gasteiger partial charge in [0.15, 0.2) is 82.5 Å². The van der Waals surface area contributed by atoms with Gasteiger partial charge in [0.2, 0.25) is 5.52 Å². The Hall–Kier alpha value is -6.81. The third-order valence-corrected chi connectivity index (χ3v) is 10.2. The highest BCUT2D eigenvalue weighted by Gasteiger charge is 2.52. The topological polar surface area (TPSA) is 13.1 Å². The number of hydrogen-bond acceptors (Lipinski definition) is 1. The van der Waals surface area contributed by atoms with Gasteiger partial charge in [-0.2, -0.15) is 4.57 Å². The van der Waals surface area contributed by atoms with Crippen LogP contribution >= 0.6 is 0 Å². The molecule has 67 heavy (non-hydrogen) atoms. The zero-order valence-electron chi connectivity index (χ0n) is 33.6. The minimum absolute atomic E-state index is 0.161. The molecule has 0 bridgehead atoms. The molecule has 0 spiro atoms. The van der Waals surface area contributed by atoms with E-state index in [1.54, 1.807) is 0 Å². The van der Waals surface area contributed by atoms with Crippen molar-refractivity contribution < 1.29 is 97.1 Å². The Labute approximate surface area is 363 Å². The van der Waals surface area contributed by atoms with Crippen molar-refractivity contribution in [2.45, 2.75) is 32.9 Å². The normalized spacial score (nSPS) is 11.9. The quantitative estimate of drug-likeness (QED) is 0.0510. The molecule has 0 radical (unpaired) electrons. The molecule has 0 N–H and O–H groups in total. The first-order valence-corrected chi connectivity index (χ1v) is 18.6. The summed E-state index contributed by atoms with van der Waals surface area (Å²) in [7, 11) is 0. The first-order valence-electron chi connectivity index (χ1n) is 18.6. The van der Waals surface area contributed by atoms with Crippen LogP contribution in [0.4, 0.5) is 87.8 Å². The van der Waals surface area contributed by atoms with Gasteiger partial charge in [-0.1, -0.05) is 12.1 Å². The summed E-state index contributed by atoms with van der Waals surface area (Å²) >= 11 is 0. The van der Waals surface area contributed by atoms with Gasteiger partial charge in [-0.05, 0) is 57.2 Å². The summed E-state index contributed by atoms with van der Waals surface area (Å²) in [5.74, 6) is -70.5. The largest absolute Gasteiger partial charge is 0.488 e. The lowest BCUT2D eigenvalue weighted by Gasteiger charge is -2.44. The molecule has 1 aromatic heterocycles. The number of fused-ring (bicyclic) bond motifs is 1. The predicted octanol–water partition coefficient (Wildman–Crippen LogP) is 10.2. The Morgan fingerprint density at radius 2 is 0.657 bits per heavy atom. The molecule has 0 unspecified atom stereocenters. The summed E-state index contributed by atoms with van der Waals surface area (Å²) in [6.45, 7) is 7.05. The highest BCUT2D eigenvalue weighted by atomic mass is 19.2. The zero-order valence-corrected chi connectivity index (χ0v) is 33.6. The third kappa shape index (κ3) is 8.25. The summed E-state index contributed by atoms with van der Waals surface area (Å²) in [6, 6.07) is 21.1. The molecule has 0 aliphatic carbocycles. The molecule has 7 aromatic rings. The number of ether oxygens (including phenoxy) is 1. The number of hydrogen-bond donors (Lipinski definition) is 0. The van der Waals surface area contributed by atoms with E-state index in [1.165, 1.54) is 16.5 Å². The minimum Gasteiger partial charge on any atom is -0.488 e. The molecule has 0 saturated heterocycles. The molecule has 0 aliphatic rings. The maximum absolute atomic E-state index is 15.4. The van der Waals surface area contributed by atoms with Crippen LogP contribution in [0.5, 0.6) is 5.75 Å². The molecule has 2 nitrogen and oxygen atoms in total. The molecule has 0 aliphatic heterocycles. The van der Waals surface area contributed by atoms with Gasteiger partial charge in [-0.15, -0.1) is 21.9 Å². The third-order valence-electron chi connectivity index (χ3n) is 10.2. The first kappa shape index (κ1) is 49.6. The predicted molar refractivity (Wildman–Crippen MR) is 199 cm³/mol. The number of nitrogens with zero attached hydrogens (tertiary/aromatic N) is 1. The van der Waals surface area contributed by atoms with E-state index < -0.39 is 144 Å². The fourth-order valence-corrected chi connectivity index (χ4v) is 7.45. The first-order chi connectivity index (χ1) is 31.2. The Bertz CT molecular complexity index is 2730. The number of benzene rings is 6. The van der Waals surface area contributed by atoms with Crippen molar-refractivity contribution in [1.82, 2.24) is 0 Å². The average molecular weight is 971 g/mol. The fourth-order valence-electron chi connectivity index (χ4n) is 7.45. The standard InChI is InChI=1S/C24BF20.C20H22NO/c26-5-1(6(27)14(35)21(42)13(5)34)25(2-7(28)15(36)22(43)16(37)8(2)29,3-9(30)17(38)23(44)18(39)10(3)31)4-11(32)19(40)24(45)20(41)12(4)33;1-20(2,3)22-18-12-10-16(11-13-18)15-21-14-6-8-17-7-4-5-9-19(17)21/h;4-14H,15H2,1-3H3/q-1;+1. The molecule has 1 heterocycles. The number of pyridine rings is 1. The second-order valence-electron chi connectivity index (χ2n) is 15.4. The second-order valence-corrected chi connectivity index (χ2v) is 15.4. The van der Waals surface area contributed by atoms with Gasteiger partial charge in [0.25, 0.3) is 0 Å². The molecule has 0 atom stereocenters. The SMILES string of the molecule is CC(C)(C)Oc1ccc(C[n+]2cccc3ccccc32)cc1.Fc1c(F)c(F)c([B-](c2c(F)c(F)c(F)c(F)c2F)(c2c(F)c(F)c(F)c(F)c2F)c2c(F)c(F)c(F)c(F)c2F)c(F)c1F. The van der Waals surface area contributed by atoms with Gasteiger partial charge < -0.3 is 4.74 Å². The minimum atomic E-state index is -7.22. The lowest BCUT2D eigenvalue weighted by molar-refractivity contribution is -0.662. The van der Waals surface area contributed by atoms with Crippen LogP contribution in [0.3, 0.4) is 0 Å². The molecular weight excluding hydrogens is 949 g/mol. The van der Waals surface area contributed by atoms with Crippen LogP contribution in [0.2, 0.25) is 0 Å². The summed E-state index contributed by atoms with van der Waals surface area (Å²) in [4.78, 5) is 0. The molecule has 352 valence electrons. The molecule has 0 saturated carbocycles. The Morgan fingerprint density at radius 3 is 0.970 bits per heavy atom. The van der Waals surface area contributed by atoms with E-state index in [-0.39, 0.29) is 5.60 Å². The van der Waals surface area contributed by atoms with Crippen molar-refractivity contribution in [2.24, 2.45) is 0 Å². The van der Waals surface area contributed by atoms with E-state index in [1.807, 2.05) is 12.1 Å². The molecule has 0 fully saturated rings. The Morgan fingerprint density at radius 1 is 0.373 bits per heavy atom. The van der Waals surface area contributed by atoms with Gasteiger partial charge in [0, 0.05) is 23.1 Å². The Kier molecular flexibility index (Phi) is 13.4. The summed E-state index contributed by atoms with van der Waals surface area (Å²) in [5, 5.41) is 1.26. The zero-order chi connectivity index (χ0) is 49.9. The van der Waals surface area contributed by atoms with Gasteiger partial charge in [0.05, 0.1) is 0 Å². The Balaban J connectivity index is 0.000000279. The van der Waals surface area contributed by atoms with E-state index in [0.717, 1.165) is 12.3 Å². The fraction of sp³-hybridized carbons (Fsp3) is 0.114. The highest BCUT2D eigenvalue weighted by Crippen LogP contribution is 2.31. The van der Waals surface area contributed by atoms with E-state index >= 15 is 35.1 Å². The molecule has 23 heteroatoms. The van der Waals surface area contributed by atoms with Crippen molar-refractivity contribution in [1.29, 1.82) is 0 Å². The smallest absolute Gasteiger partial charge is 0.212 e. The highest BCUT2D eigenvalue weighted by molar-refractivity contribution is 7.20. The summed E-state index contributed by atoms with van der Waals surface area (Å²) in [6.07, 6.45) is -5.09. The second kappa shape index (κ2) is 18.1. The van der Waals surface area contributed by atoms with E-state index in [2.05, 4.69) is 80.1 Å². The van der Waals surface area contributed by atoms with E-state index in [4.69, 9.17) is 4.74 Å². The summed E-state index contributed by atoms with van der Waals surface area (Å²) in [5.41, 5.74) is -12.0. The number of halogens is 20. The lowest BCUT2D eigenvalue weighted by atomic mass is 9.12. The lowest BCUT2D eigenvalue weighted by Crippen LogP contribution is -2.81. The van der Waals surface area contributed by atoms with Crippen molar-refractivity contribution in [3.63, 3.8) is 0 Å².